The number of hydrogen-bond acceptors (Lipinski definition) is 5. The van der Waals surface area contributed by atoms with Crippen molar-refractivity contribution in [2.75, 3.05) is 19.8 Å². The van der Waals surface area contributed by atoms with E-state index < -0.39 is 5.54 Å². The average molecular weight is 422 g/mol. The number of halogens is 1. The number of rotatable bonds is 7. The van der Waals surface area contributed by atoms with Crippen LogP contribution in [-0.4, -0.2) is 30.7 Å². The van der Waals surface area contributed by atoms with Crippen molar-refractivity contribution >= 4 is 5.91 Å². The van der Waals surface area contributed by atoms with Crippen LogP contribution in [0.25, 0.3) is 0 Å². The Kier molecular flexibility index (Phi) is 6.43. The predicted molar refractivity (Wildman–Crippen MR) is 113 cm³/mol. The molecule has 2 aromatic carbocycles. The molecule has 1 fully saturated rings. The van der Waals surface area contributed by atoms with Crippen LogP contribution in [0.15, 0.2) is 72.9 Å². The first-order chi connectivity index (χ1) is 15.1. The number of benzene rings is 2. The number of hydrogen-bond donors (Lipinski definition) is 1. The van der Waals surface area contributed by atoms with Crippen molar-refractivity contribution < 1.29 is 23.4 Å². The van der Waals surface area contributed by atoms with Gasteiger partial charge in [0, 0.05) is 25.5 Å². The lowest BCUT2D eigenvalue weighted by Gasteiger charge is -2.38. The van der Waals surface area contributed by atoms with E-state index in [1.54, 1.807) is 48.7 Å². The summed E-state index contributed by atoms with van der Waals surface area (Å²) in [5.41, 5.74) is 0.272. The fourth-order valence-corrected chi connectivity index (χ4v) is 3.56. The Labute approximate surface area is 180 Å². The molecule has 0 atom stereocenters. The van der Waals surface area contributed by atoms with Gasteiger partial charge < -0.3 is 19.5 Å². The van der Waals surface area contributed by atoms with Crippen LogP contribution in [0, 0.1) is 5.82 Å². The third-order valence-electron chi connectivity index (χ3n) is 5.18. The lowest BCUT2D eigenvalue weighted by Crippen LogP contribution is -2.50. The van der Waals surface area contributed by atoms with Gasteiger partial charge in [-0.1, -0.05) is 18.2 Å². The summed E-state index contributed by atoms with van der Waals surface area (Å²) in [4.78, 5) is 16.8. The molecule has 1 amide bonds. The highest BCUT2D eigenvalue weighted by atomic mass is 19.1. The van der Waals surface area contributed by atoms with Gasteiger partial charge in [-0.05, 0) is 60.9 Å². The highest BCUT2D eigenvalue weighted by Crippen LogP contribution is 2.32. The van der Waals surface area contributed by atoms with Gasteiger partial charge in [0.25, 0.3) is 5.91 Å². The minimum atomic E-state index is -0.591. The van der Waals surface area contributed by atoms with Gasteiger partial charge in [0.15, 0.2) is 6.61 Å². The largest absolute Gasteiger partial charge is 0.484 e. The number of aromatic nitrogens is 1. The summed E-state index contributed by atoms with van der Waals surface area (Å²) in [6.45, 7) is 0.913. The van der Waals surface area contributed by atoms with Crippen LogP contribution >= 0.6 is 0 Å². The second-order valence-corrected chi connectivity index (χ2v) is 7.28. The van der Waals surface area contributed by atoms with Crippen molar-refractivity contribution in [2.45, 2.75) is 18.4 Å². The quantitative estimate of drug-likeness (QED) is 0.618. The maximum absolute atomic E-state index is 13.4. The topological polar surface area (TPSA) is 69.7 Å². The monoisotopic (exact) mass is 422 g/mol. The fraction of sp³-hybridized carbons (Fsp3) is 0.250. The molecule has 1 aromatic heterocycles. The van der Waals surface area contributed by atoms with E-state index in [0.29, 0.717) is 43.4 Å². The van der Waals surface area contributed by atoms with E-state index in [1.165, 1.54) is 12.1 Å². The number of carbonyl (C=O) groups excluding carboxylic acids is 1. The number of amides is 1. The Bertz CT molecular complexity index is 988. The van der Waals surface area contributed by atoms with Gasteiger partial charge in [0.2, 0.25) is 5.88 Å². The molecule has 6 nitrogen and oxygen atoms in total. The van der Waals surface area contributed by atoms with Crippen molar-refractivity contribution in [1.29, 1.82) is 0 Å². The Balaban J connectivity index is 1.35. The van der Waals surface area contributed by atoms with Crippen molar-refractivity contribution in [3.8, 4) is 17.4 Å². The van der Waals surface area contributed by atoms with Gasteiger partial charge in [0.05, 0.1) is 5.54 Å². The van der Waals surface area contributed by atoms with Gasteiger partial charge in [-0.2, -0.15) is 0 Å². The zero-order chi connectivity index (χ0) is 21.5. The number of pyridine rings is 1. The third-order valence-corrected chi connectivity index (χ3v) is 5.18. The maximum Gasteiger partial charge on any atom is 0.258 e. The van der Waals surface area contributed by atoms with E-state index in [0.717, 1.165) is 5.56 Å². The molecule has 4 rings (SSSR count). The molecule has 1 aliphatic heterocycles. The second kappa shape index (κ2) is 9.57. The number of carbonyl (C=O) groups is 1. The first-order valence-corrected chi connectivity index (χ1v) is 10.1. The molecule has 0 radical (unpaired) electrons. The molecule has 2 heterocycles. The Morgan fingerprint density at radius 3 is 2.39 bits per heavy atom. The van der Waals surface area contributed by atoms with Gasteiger partial charge in [-0.25, -0.2) is 9.37 Å². The molecule has 1 N–H and O–H groups in total. The summed E-state index contributed by atoms with van der Waals surface area (Å²) in [6.07, 6.45) is 2.89. The van der Waals surface area contributed by atoms with E-state index in [2.05, 4.69) is 10.3 Å². The third kappa shape index (κ3) is 5.38. The number of nitrogens with zero attached hydrogens (tertiary/aromatic N) is 1. The van der Waals surface area contributed by atoms with Gasteiger partial charge >= 0.3 is 0 Å². The fourth-order valence-electron chi connectivity index (χ4n) is 3.56. The SMILES string of the molecule is O=C(COc1ccc(Oc2ccccn2)cc1)NC1(c2ccc(F)cc2)CCOCC1. The van der Waals surface area contributed by atoms with Crippen molar-refractivity contribution in [3.63, 3.8) is 0 Å². The van der Waals surface area contributed by atoms with Gasteiger partial charge in [-0.3, -0.25) is 4.79 Å². The molecular weight excluding hydrogens is 399 g/mol. The van der Waals surface area contributed by atoms with E-state index in [9.17, 15) is 9.18 Å². The summed E-state index contributed by atoms with van der Waals surface area (Å²) in [5, 5.41) is 3.08. The molecule has 7 heteroatoms. The summed E-state index contributed by atoms with van der Waals surface area (Å²) >= 11 is 0. The predicted octanol–water partition coefficient (Wildman–Crippen LogP) is 4.21. The Morgan fingerprint density at radius 2 is 1.71 bits per heavy atom. The Hall–Kier alpha value is -3.45. The van der Waals surface area contributed by atoms with Crippen LogP contribution in [0.2, 0.25) is 0 Å². The van der Waals surface area contributed by atoms with Crippen LogP contribution in [-0.2, 0) is 15.1 Å². The Morgan fingerprint density at radius 1 is 1.00 bits per heavy atom. The van der Waals surface area contributed by atoms with E-state index >= 15 is 0 Å². The smallest absolute Gasteiger partial charge is 0.258 e. The van der Waals surface area contributed by atoms with E-state index in [-0.39, 0.29) is 18.3 Å². The molecular formula is C24H23FN2O4. The van der Waals surface area contributed by atoms with Crippen LogP contribution in [0.3, 0.4) is 0 Å². The molecule has 0 aliphatic carbocycles. The first kappa shape index (κ1) is 20.8. The summed E-state index contributed by atoms with van der Waals surface area (Å²) in [6, 6.07) is 18.6. The standard InChI is InChI=1S/C24H23FN2O4/c25-19-6-4-18(5-7-19)24(12-15-29-16-13-24)27-22(28)17-30-20-8-10-21(11-9-20)31-23-3-1-2-14-26-23/h1-11,14H,12-13,15-17H2,(H,27,28). The van der Waals surface area contributed by atoms with Crippen LogP contribution < -0.4 is 14.8 Å². The van der Waals surface area contributed by atoms with Crippen molar-refractivity contribution in [2.24, 2.45) is 0 Å². The first-order valence-electron chi connectivity index (χ1n) is 10.1. The number of ether oxygens (including phenoxy) is 3. The molecule has 0 unspecified atom stereocenters. The highest BCUT2D eigenvalue weighted by molar-refractivity contribution is 5.78. The molecule has 1 saturated heterocycles. The van der Waals surface area contributed by atoms with E-state index in [1.807, 2.05) is 12.1 Å². The average Bonchev–Trinajstić information content (AvgIpc) is 2.80. The molecule has 3 aromatic rings. The van der Waals surface area contributed by atoms with Crippen LogP contribution in [0.5, 0.6) is 17.4 Å². The number of nitrogens with one attached hydrogen (secondary N) is 1. The maximum atomic E-state index is 13.4. The molecule has 0 saturated carbocycles. The lowest BCUT2D eigenvalue weighted by molar-refractivity contribution is -0.126. The van der Waals surface area contributed by atoms with Crippen molar-refractivity contribution in [3.05, 3.63) is 84.3 Å². The van der Waals surface area contributed by atoms with Gasteiger partial charge in [0.1, 0.15) is 17.3 Å². The van der Waals surface area contributed by atoms with Gasteiger partial charge in [-0.15, -0.1) is 0 Å². The molecule has 1 aliphatic rings. The van der Waals surface area contributed by atoms with Crippen LogP contribution in [0.1, 0.15) is 18.4 Å². The minimum absolute atomic E-state index is 0.135. The molecule has 160 valence electrons. The molecule has 0 bridgehead atoms. The zero-order valence-electron chi connectivity index (χ0n) is 16.9. The lowest BCUT2D eigenvalue weighted by atomic mass is 9.82. The highest BCUT2D eigenvalue weighted by Gasteiger charge is 2.36. The van der Waals surface area contributed by atoms with Crippen molar-refractivity contribution in [1.82, 2.24) is 10.3 Å². The minimum Gasteiger partial charge on any atom is -0.484 e. The summed E-state index contributed by atoms with van der Waals surface area (Å²) < 4.78 is 30.1. The normalized spacial score (nSPS) is 15.1. The van der Waals surface area contributed by atoms with Crippen LogP contribution in [0.4, 0.5) is 4.39 Å². The molecule has 31 heavy (non-hydrogen) atoms. The second-order valence-electron chi connectivity index (χ2n) is 7.28. The van der Waals surface area contributed by atoms with E-state index in [4.69, 9.17) is 14.2 Å². The summed E-state index contributed by atoms with van der Waals surface area (Å²) in [7, 11) is 0. The summed E-state index contributed by atoms with van der Waals surface area (Å²) in [5.74, 6) is 1.11. The zero-order valence-corrected chi connectivity index (χ0v) is 16.9. The molecule has 0 spiro atoms.